The number of aryl methyl sites for hydroxylation is 2. The molecule has 2 aromatic heterocycles. The number of rotatable bonds is 5. The van der Waals surface area contributed by atoms with E-state index >= 15 is 0 Å². The van der Waals surface area contributed by atoms with Gasteiger partial charge in [0, 0.05) is 0 Å². The van der Waals surface area contributed by atoms with Crippen molar-refractivity contribution >= 4 is 23.4 Å². The number of hydrogen-bond donors (Lipinski definition) is 2. The van der Waals surface area contributed by atoms with E-state index in [9.17, 15) is 9.18 Å². The molecular formula is C14H14FN7OS. The molecule has 0 fully saturated rings. The summed E-state index contributed by atoms with van der Waals surface area (Å²) < 4.78 is 14.7. The summed E-state index contributed by atoms with van der Waals surface area (Å²) in [6.45, 7) is 3.63. The van der Waals surface area contributed by atoms with Crippen molar-refractivity contribution in [3.8, 4) is 5.69 Å². The molecule has 0 saturated carbocycles. The molecule has 0 saturated heterocycles. The zero-order chi connectivity index (χ0) is 17.1. The van der Waals surface area contributed by atoms with Crippen molar-refractivity contribution in [1.82, 2.24) is 30.4 Å². The Balaban J connectivity index is 1.68. The highest BCUT2D eigenvalue weighted by Gasteiger charge is 2.14. The number of thioether (sulfide) groups is 1. The summed E-state index contributed by atoms with van der Waals surface area (Å²) in [5.41, 5.74) is 2.67. The average Bonchev–Trinajstić information content (AvgIpc) is 3.15. The lowest BCUT2D eigenvalue weighted by Gasteiger charge is -2.06. The van der Waals surface area contributed by atoms with Crippen LogP contribution in [0.1, 0.15) is 11.4 Å². The normalized spacial score (nSPS) is 10.8. The van der Waals surface area contributed by atoms with Crippen LogP contribution in [0.25, 0.3) is 5.69 Å². The molecule has 10 heteroatoms. The largest absolute Gasteiger partial charge is 0.322 e. The number of anilines is 1. The van der Waals surface area contributed by atoms with E-state index in [1.165, 1.54) is 16.8 Å². The van der Waals surface area contributed by atoms with E-state index in [2.05, 4.69) is 31.0 Å². The molecule has 0 aliphatic rings. The van der Waals surface area contributed by atoms with Gasteiger partial charge in [0.25, 0.3) is 0 Å². The number of tetrazole rings is 1. The molecule has 124 valence electrons. The molecule has 0 spiro atoms. The van der Waals surface area contributed by atoms with Crippen LogP contribution in [0.3, 0.4) is 0 Å². The van der Waals surface area contributed by atoms with Crippen LogP contribution < -0.4 is 5.32 Å². The van der Waals surface area contributed by atoms with Crippen molar-refractivity contribution < 1.29 is 9.18 Å². The first-order valence-electron chi connectivity index (χ1n) is 7.03. The predicted molar refractivity (Wildman–Crippen MR) is 86.5 cm³/mol. The van der Waals surface area contributed by atoms with Crippen molar-refractivity contribution in [2.24, 2.45) is 0 Å². The van der Waals surface area contributed by atoms with Crippen LogP contribution in [0.15, 0.2) is 29.4 Å². The third kappa shape index (κ3) is 3.43. The maximum Gasteiger partial charge on any atom is 0.234 e. The second-order valence-electron chi connectivity index (χ2n) is 5.00. The molecule has 1 amide bonds. The average molecular weight is 347 g/mol. The standard InChI is InChI=1S/C14H14FN7OS/c1-8-13(9(2)18-17-8)16-12(23)7-24-14-19-20-21-22(14)11-5-3-4-10(15)6-11/h3-6H,7H2,1-2H3,(H,16,23)(H,17,18). The lowest BCUT2D eigenvalue weighted by atomic mass is 10.3. The quantitative estimate of drug-likeness (QED) is 0.683. The number of halogens is 1. The van der Waals surface area contributed by atoms with E-state index in [1.54, 1.807) is 19.1 Å². The summed E-state index contributed by atoms with van der Waals surface area (Å²) in [6.07, 6.45) is 0. The van der Waals surface area contributed by atoms with Gasteiger partial charge in [-0.3, -0.25) is 9.89 Å². The molecule has 0 atom stereocenters. The van der Waals surface area contributed by atoms with Crippen LogP contribution >= 0.6 is 11.8 Å². The molecule has 8 nitrogen and oxygen atoms in total. The highest BCUT2D eigenvalue weighted by Crippen LogP contribution is 2.20. The number of amides is 1. The minimum atomic E-state index is -0.386. The SMILES string of the molecule is Cc1n[nH]c(C)c1NC(=O)CSc1nnnn1-c1cccc(F)c1. The maximum absolute atomic E-state index is 13.3. The van der Waals surface area contributed by atoms with Crippen LogP contribution in [0, 0.1) is 19.7 Å². The Morgan fingerprint density at radius 1 is 1.42 bits per heavy atom. The highest BCUT2D eigenvalue weighted by molar-refractivity contribution is 7.99. The molecule has 2 N–H and O–H groups in total. The van der Waals surface area contributed by atoms with Gasteiger partial charge in [-0.1, -0.05) is 17.8 Å². The van der Waals surface area contributed by atoms with E-state index < -0.39 is 0 Å². The molecule has 24 heavy (non-hydrogen) atoms. The first-order chi connectivity index (χ1) is 11.5. The molecule has 3 aromatic rings. The Hall–Kier alpha value is -2.75. The van der Waals surface area contributed by atoms with Crippen molar-refractivity contribution in [2.45, 2.75) is 19.0 Å². The molecule has 3 rings (SSSR count). The number of carbonyl (C=O) groups excluding carboxylic acids is 1. The molecular weight excluding hydrogens is 333 g/mol. The Labute approximate surface area is 140 Å². The molecule has 0 aliphatic heterocycles. The van der Waals surface area contributed by atoms with Crippen LogP contribution in [-0.2, 0) is 4.79 Å². The fourth-order valence-electron chi connectivity index (χ4n) is 2.08. The number of carbonyl (C=O) groups is 1. The lowest BCUT2D eigenvalue weighted by molar-refractivity contribution is -0.113. The van der Waals surface area contributed by atoms with Gasteiger partial charge in [0.1, 0.15) is 5.82 Å². The fraction of sp³-hybridized carbons (Fsp3) is 0.214. The van der Waals surface area contributed by atoms with Gasteiger partial charge in [0.2, 0.25) is 11.1 Å². The van der Waals surface area contributed by atoms with Gasteiger partial charge in [0.05, 0.1) is 28.5 Å². The molecule has 2 heterocycles. The number of nitrogens with zero attached hydrogens (tertiary/aromatic N) is 5. The number of benzene rings is 1. The zero-order valence-electron chi connectivity index (χ0n) is 12.9. The maximum atomic E-state index is 13.3. The Morgan fingerprint density at radius 2 is 2.25 bits per heavy atom. The number of hydrogen-bond acceptors (Lipinski definition) is 6. The van der Waals surface area contributed by atoms with Crippen molar-refractivity contribution in [3.05, 3.63) is 41.5 Å². The first kappa shape index (κ1) is 16.1. The van der Waals surface area contributed by atoms with E-state index in [-0.39, 0.29) is 17.5 Å². The molecule has 0 bridgehead atoms. The third-order valence-electron chi connectivity index (χ3n) is 3.22. The summed E-state index contributed by atoms with van der Waals surface area (Å²) in [6, 6.07) is 5.90. The summed E-state index contributed by atoms with van der Waals surface area (Å²) >= 11 is 1.16. The summed E-state index contributed by atoms with van der Waals surface area (Å²) in [4.78, 5) is 12.1. The van der Waals surface area contributed by atoms with Crippen LogP contribution in [0.4, 0.5) is 10.1 Å². The third-order valence-corrected chi connectivity index (χ3v) is 4.14. The summed E-state index contributed by atoms with van der Waals surface area (Å²) in [5.74, 6) is -0.483. The second kappa shape index (κ2) is 6.79. The van der Waals surface area contributed by atoms with Gasteiger partial charge in [-0.2, -0.15) is 9.78 Å². The minimum absolute atomic E-state index is 0.111. The Kier molecular flexibility index (Phi) is 4.56. The topological polar surface area (TPSA) is 101 Å². The first-order valence-corrected chi connectivity index (χ1v) is 8.01. The van der Waals surface area contributed by atoms with E-state index in [0.717, 1.165) is 23.1 Å². The van der Waals surface area contributed by atoms with Crippen molar-refractivity contribution in [3.63, 3.8) is 0 Å². The monoisotopic (exact) mass is 347 g/mol. The van der Waals surface area contributed by atoms with E-state index in [1.807, 2.05) is 6.92 Å². The van der Waals surface area contributed by atoms with Gasteiger partial charge in [-0.15, -0.1) is 5.10 Å². The van der Waals surface area contributed by atoms with Gasteiger partial charge in [-0.05, 0) is 42.5 Å². The van der Waals surface area contributed by atoms with Crippen LogP contribution in [0.2, 0.25) is 0 Å². The summed E-state index contributed by atoms with van der Waals surface area (Å²) in [7, 11) is 0. The number of H-pyrrole nitrogens is 1. The van der Waals surface area contributed by atoms with Crippen molar-refractivity contribution in [2.75, 3.05) is 11.1 Å². The van der Waals surface area contributed by atoms with Crippen LogP contribution in [-0.4, -0.2) is 42.1 Å². The predicted octanol–water partition coefficient (Wildman–Crippen LogP) is 1.87. The van der Waals surface area contributed by atoms with Gasteiger partial charge in [0.15, 0.2) is 0 Å². The Bertz CT molecular complexity index is 856. The minimum Gasteiger partial charge on any atom is -0.322 e. The molecule has 1 aromatic carbocycles. The fourth-order valence-corrected chi connectivity index (χ4v) is 2.77. The Morgan fingerprint density at radius 3 is 2.96 bits per heavy atom. The molecule has 0 unspecified atom stereocenters. The van der Waals surface area contributed by atoms with Gasteiger partial charge >= 0.3 is 0 Å². The number of nitrogens with one attached hydrogen (secondary N) is 2. The smallest absolute Gasteiger partial charge is 0.234 e. The summed E-state index contributed by atoms with van der Waals surface area (Å²) in [5, 5.41) is 21.3. The lowest BCUT2D eigenvalue weighted by Crippen LogP contribution is -2.15. The van der Waals surface area contributed by atoms with Gasteiger partial charge in [-0.25, -0.2) is 4.39 Å². The second-order valence-corrected chi connectivity index (χ2v) is 5.94. The zero-order valence-corrected chi connectivity index (χ0v) is 13.8. The number of aromatic nitrogens is 6. The van der Waals surface area contributed by atoms with Crippen LogP contribution in [0.5, 0.6) is 0 Å². The van der Waals surface area contributed by atoms with Crippen molar-refractivity contribution in [1.29, 1.82) is 0 Å². The number of aromatic amines is 1. The van der Waals surface area contributed by atoms with Gasteiger partial charge < -0.3 is 5.32 Å². The molecule has 0 radical (unpaired) electrons. The van der Waals surface area contributed by atoms with E-state index in [0.29, 0.717) is 16.5 Å². The highest BCUT2D eigenvalue weighted by atomic mass is 32.2. The van der Waals surface area contributed by atoms with E-state index in [4.69, 9.17) is 0 Å². The molecule has 0 aliphatic carbocycles.